The lowest BCUT2D eigenvalue weighted by Crippen LogP contribution is -2.70. The van der Waals surface area contributed by atoms with Gasteiger partial charge < -0.3 is 15.2 Å². The lowest BCUT2D eigenvalue weighted by atomic mass is 10.0. The van der Waals surface area contributed by atoms with E-state index in [9.17, 15) is 24.3 Å². The van der Waals surface area contributed by atoms with Gasteiger partial charge in [-0.25, -0.2) is 4.79 Å². The van der Waals surface area contributed by atoms with Gasteiger partial charge in [0.1, 0.15) is 23.7 Å². The third-order valence-electron chi connectivity index (χ3n) is 5.02. The van der Waals surface area contributed by atoms with Crippen molar-refractivity contribution < 1.29 is 29.0 Å². The number of nitrogens with one attached hydrogen (secondary N) is 1. The van der Waals surface area contributed by atoms with Crippen LogP contribution in [0.1, 0.15) is 17.3 Å². The molecular formula is C21H18N2O6S. The molecule has 0 bridgehead atoms. The van der Waals surface area contributed by atoms with Crippen molar-refractivity contribution in [3.63, 3.8) is 0 Å². The van der Waals surface area contributed by atoms with Crippen molar-refractivity contribution in [2.24, 2.45) is 0 Å². The van der Waals surface area contributed by atoms with Gasteiger partial charge in [0.05, 0.1) is 0 Å². The minimum Gasteiger partial charge on any atom is -0.477 e. The van der Waals surface area contributed by atoms with E-state index in [0.29, 0.717) is 11.1 Å². The highest BCUT2D eigenvalue weighted by Gasteiger charge is 2.54. The van der Waals surface area contributed by atoms with Crippen LogP contribution in [0.25, 0.3) is 10.8 Å². The van der Waals surface area contributed by atoms with Crippen molar-refractivity contribution in [1.29, 1.82) is 0 Å². The van der Waals surface area contributed by atoms with E-state index < -0.39 is 35.2 Å². The van der Waals surface area contributed by atoms with Gasteiger partial charge in [0.15, 0.2) is 0 Å². The molecule has 0 spiro atoms. The summed E-state index contributed by atoms with van der Waals surface area (Å²) in [4.78, 5) is 49.5. The zero-order valence-corrected chi connectivity index (χ0v) is 16.8. The number of ether oxygens (including phenoxy) is 1. The van der Waals surface area contributed by atoms with Crippen LogP contribution in [0.3, 0.4) is 0 Å². The smallest absolute Gasteiger partial charge is 0.352 e. The number of amides is 2. The normalized spacial score (nSPS) is 20.4. The van der Waals surface area contributed by atoms with Crippen molar-refractivity contribution in [3.8, 4) is 0 Å². The molecule has 2 aromatic rings. The number of carbonyl (C=O) groups is 4. The summed E-state index contributed by atoms with van der Waals surface area (Å²) in [6.45, 7) is 1.04. The number of hydrogen-bond donors (Lipinski definition) is 2. The van der Waals surface area contributed by atoms with E-state index in [1.165, 1.54) is 18.7 Å². The van der Waals surface area contributed by atoms with Gasteiger partial charge in [-0.1, -0.05) is 36.4 Å². The molecule has 0 radical (unpaired) electrons. The topological polar surface area (TPSA) is 113 Å². The maximum absolute atomic E-state index is 12.9. The standard InChI is InChI=1S/C21H18N2O6S/c1-11(24)29-9-13-10-30-20-16(19(26)23(20)17(13)21(27)28)22-18(25)15-8-4-6-12-5-2-3-7-14(12)15/h2-8,16,20H,9-10H2,1H3,(H,22,25)(H,27,28)/t16-,20?/m1/s1. The second kappa shape index (κ2) is 7.83. The SMILES string of the molecule is CC(=O)OCC1=C(C(=O)O)N2C(=O)[C@@H](NC(=O)c3cccc4ccccc34)C2SC1. The highest BCUT2D eigenvalue weighted by Crippen LogP contribution is 2.40. The maximum atomic E-state index is 12.9. The maximum Gasteiger partial charge on any atom is 0.352 e. The number of carboxylic acids is 1. The first-order valence-electron chi connectivity index (χ1n) is 9.20. The summed E-state index contributed by atoms with van der Waals surface area (Å²) in [5.74, 6) is -2.41. The molecule has 2 aliphatic rings. The Balaban J connectivity index is 1.55. The first kappa shape index (κ1) is 20.0. The Morgan fingerprint density at radius 3 is 2.67 bits per heavy atom. The van der Waals surface area contributed by atoms with Crippen LogP contribution in [0.4, 0.5) is 0 Å². The van der Waals surface area contributed by atoms with Crippen LogP contribution in [0.15, 0.2) is 53.7 Å². The summed E-state index contributed by atoms with van der Waals surface area (Å²) in [6, 6.07) is 12.0. The Morgan fingerprint density at radius 2 is 1.93 bits per heavy atom. The van der Waals surface area contributed by atoms with Gasteiger partial charge >= 0.3 is 11.9 Å². The summed E-state index contributed by atoms with van der Waals surface area (Å²) in [6.07, 6.45) is 0. The highest BCUT2D eigenvalue weighted by molar-refractivity contribution is 8.00. The van der Waals surface area contributed by atoms with Gasteiger partial charge in [0, 0.05) is 23.8 Å². The molecule has 30 heavy (non-hydrogen) atoms. The molecule has 9 heteroatoms. The van der Waals surface area contributed by atoms with Gasteiger partial charge in [-0.15, -0.1) is 11.8 Å². The summed E-state index contributed by atoms with van der Waals surface area (Å²) in [7, 11) is 0. The van der Waals surface area contributed by atoms with E-state index in [1.54, 1.807) is 12.1 Å². The largest absolute Gasteiger partial charge is 0.477 e. The third kappa shape index (κ3) is 3.41. The molecule has 2 aliphatic heterocycles. The number of rotatable bonds is 5. The molecule has 2 heterocycles. The molecule has 2 N–H and O–H groups in total. The Hall–Kier alpha value is -3.33. The zero-order valence-electron chi connectivity index (χ0n) is 16.0. The molecule has 0 aliphatic carbocycles. The van der Waals surface area contributed by atoms with Crippen molar-refractivity contribution in [1.82, 2.24) is 10.2 Å². The second-order valence-corrected chi connectivity index (χ2v) is 8.03. The highest BCUT2D eigenvalue weighted by atomic mass is 32.2. The van der Waals surface area contributed by atoms with Gasteiger partial charge in [-0.2, -0.15) is 0 Å². The third-order valence-corrected chi connectivity index (χ3v) is 6.36. The summed E-state index contributed by atoms with van der Waals surface area (Å²) < 4.78 is 4.91. The van der Waals surface area contributed by atoms with Crippen molar-refractivity contribution in [2.45, 2.75) is 18.3 Å². The van der Waals surface area contributed by atoms with Gasteiger partial charge in [-0.3, -0.25) is 19.3 Å². The summed E-state index contributed by atoms with van der Waals surface area (Å²) >= 11 is 1.32. The number of nitrogens with zero attached hydrogens (tertiary/aromatic N) is 1. The number of carbonyl (C=O) groups excluding carboxylic acids is 3. The number of benzene rings is 2. The molecule has 8 nitrogen and oxygen atoms in total. The summed E-state index contributed by atoms with van der Waals surface area (Å²) in [5.41, 5.74) is 0.622. The first-order valence-corrected chi connectivity index (χ1v) is 10.3. The van der Waals surface area contributed by atoms with Gasteiger partial charge in [0.25, 0.3) is 11.8 Å². The average Bonchev–Trinajstić information content (AvgIpc) is 2.74. The molecule has 1 fully saturated rings. The van der Waals surface area contributed by atoms with Crippen LogP contribution in [0.2, 0.25) is 0 Å². The molecule has 1 unspecified atom stereocenters. The van der Waals surface area contributed by atoms with Crippen LogP contribution in [-0.4, -0.2) is 57.5 Å². The van der Waals surface area contributed by atoms with Crippen LogP contribution < -0.4 is 5.32 Å². The number of fused-ring (bicyclic) bond motifs is 2. The number of esters is 1. The van der Waals surface area contributed by atoms with Gasteiger partial charge in [-0.05, 0) is 16.8 Å². The molecule has 154 valence electrons. The summed E-state index contributed by atoms with van der Waals surface area (Å²) in [5, 5.41) is 13.5. The molecule has 2 amide bonds. The lowest BCUT2D eigenvalue weighted by Gasteiger charge is -2.49. The van der Waals surface area contributed by atoms with Crippen LogP contribution >= 0.6 is 11.8 Å². The first-order chi connectivity index (χ1) is 14.4. The molecule has 0 saturated carbocycles. The number of carboxylic acid groups (broad SMARTS) is 1. The number of hydrogen-bond acceptors (Lipinski definition) is 6. The molecular weight excluding hydrogens is 408 g/mol. The van der Waals surface area contributed by atoms with E-state index in [4.69, 9.17) is 4.74 Å². The minimum atomic E-state index is -1.27. The average molecular weight is 426 g/mol. The zero-order chi connectivity index (χ0) is 21.4. The van der Waals surface area contributed by atoms with E-state index in [-0.39, 0.29) is 18.1 Å². The van der Waals surface area contributed by atoms with Crippen LogP contribution in [0, 0.1) is 0 Å². The number of β-lactam (4-membered cyclic amide) rings is 1. The minimum absolute atomic E-state index is 0.180. The van der Waals surface area contributed by atoms with E-state index >= 15 is 0 Å². The van der Waals surface area contributed by atoms with Crippen LogP contribution in [0.5, 0.6) is 0 Å². The Bertz CT molecular complexity index is 1110. The Kier molecular flexibility index (Phi) is 5.21. The molecule has 2 aromatic carbocycles. The predicted molar refractivity (Wildman–Crippen MR) is 110 cm³/mol. The molecule has 0 aromatic heterocycles. The molecule has 4 rings (SSSR count). The van der Waals surface area contributed by atoms with Crippen molar-refractivity contribution in [2.75, 3.05) is 12.4 Å². The van der Waals surface area contributed by atoms with Crippen molar-refractivity contribution >= 4 is 46.3 Å². The lowest BCUT2D eigenvalue weighted by molar-refractivity contribution is -0.149. The Labute approximate surface area is 175 Å². The van der Waals surface area contributed by atoms with E-state index in [1.807, 2.05) is 30.3 Å². The number of aliphatic carboxylic acids is 1. The fourth-order valence-corrected chi connectivity index (χ4v) is 4.95. The fraction of sp³-hybridized carbons (Fsp3) is 0.238. The predicted octanol–water partition coefficient (Wildman–Crippen LogP) is 1.76. The molecule has 2 atom stereocenters. The molecule has 1 saturated heterocycles. The Morgan fingerprint density at radius 1 is 1.20 bits per heavy atom. The van der Waals surface area contributed by atoms with E-state index in [2.05, 4.69) is 5.32 Å². The van der Waals surface area contributed by atoms with Crippen LogP contribution in [-0.2, 0) is 19.1 Å². The second-order valence-electron chi connectivity index (χ2n) is 6.93. The van der Waals surface area contributed by atoms with Gasteiger partial charge in [0.2, 0.25) is 0 Å². The van der Waals surface area contributed by atoms with E-state index in [0.717, 1.165) is 15.7 Å². The quantitative estimate of drug-likeness (QED) is 0.553. The monoisotopic (exact) mass is 426 g/mol. The number of thioether (sulfide) groups is 1. The van der Waals surface area contributed by atoms with Crippen molar-refractivity contribution in [3.05, 3.63) is 59.3 Å². The fourth-order valence-electron chi connectivity index (χ4n) is 3.63.